The third-order valence-corrected chi connectivity index (χ3v) is 11.6. The zero-order valence-electron chi connectivity index (χ0n) is 33.8. The van der Waals surface area contributed by atoms with E-state index in [9.17, 15) is 19.2 Å². The second kappa shape index (κ2) is 17.5. The highest BCUT2D eigenvalue weighted by atomic mass is 16.6. The van der Waals surface area contributed by atoms with Crippen molar-refractivity contribution in [2.75, 3.05) is 19.6 Å². The quantitative estimate of drug-likeness (QED) is 0.288. The van der Waals surface area contributed by atoms with Crippen molar-refractivity contribution in [3.8, 4) is 0 Å². The lowest BCUT2D eigenvalue weighted by Crippen LogP contribution is -2.60. The van der Waals surface area contributed by atoms with Gasteiger partial charge in [0.2, 0.25) is 11.8 Å². The molecule has 0 bridgehead atoms. The Balaban J connectivity index is 0.00000152. The first kappa shape index (κ1) is 45.7. The van der Waals surface area contributed by atoms with Gasteiger partial charge >= 0.3 is 6.09 Å². The van der Waals surface area contributed by atoms with Crippen molar-refractivity contribution in [3.05, 3.63) is 12.7 Å². The highest BCUT2D eigenvalue weighted by molar-refractivity contribution is 5.98. The van der Waals surface area contributed by atoms with Crippen LogP contribution >= 0.6 is 0 Å². The topological polar surface area (TPSA) is 154 Å². The number of alkyl carbamates (subject to hydrolysis) is 1. The molecule has 2 aliphatic heterocycles. The van der Waals surface area contributed by atoms with Gasteiger partial charge in [0.15, 0.2) is 0 Å². The first-order valence-electron chi connectivity index (χ1n) is 18.7. The van der Waals surface area contributed by atoms with E-state index in [2.05, 4.69) is 36.5 Å². The molecule has 2 spiro atoms. The molecular formula is C39H69N5O7. The highest BCUT2D eigenvalue weighted by Crippen LogP contribution is 2.88. The number of nitrogens with zero attached hydrogens (tertiary/aromatic N) is 2. The molecule has 2 heterocycles. The van der Waals surface area contributed by atoms with E-state index in [1.807, 2.05) is 67.1 Å². The molecule has 2 saturated heterocycles. The summed E-state index contributed by atoms with van der Waals surface area (Å²) in [5, 5.41) is 7.87. The Labute approximate surface area is 307 Å². The molecule has 5 fully saturated rings. The fourth-order valence-corrected chi connectivity index (χ4v) is 8.71. The van der Waals surface area contributed by atoms with Crippen molar-refractivity contribution < 1.29 is 33.5 Å². The first-order valence-corrected chi connectivity index (χ1v) is 18.7. The number of hydrogen-bond acceptors (Lipinski definition) is 8. The van der Waals surface area contributed by atoms with Gasteiger partial charge < -0.3 is 29.9 Å². The van der Waals surface area contributed by atoms with Crippen molar-refractivity contribution in [2.24, 2.45) is 27.6 Å². The molecule has 5 aliphatic rings. The Bertz CT molecular complexity index is 1230. The molecule has 12 nitrogen and oxygen atoms in total. The number of carbonyl (C=O) groups is 6. The van der Waals surface area contributed by atoms with Crippen LogP contribution in [0.25, 0.3) is 0 Å². The summed E-state index contributed by atoms with van der Waals surface area (Å²) in [6, 6.07) is -1.65. The lowest BCUT2D eigenvalue weighted by atomic mass is 9.73. The predicted octanol–water partition coefficient (Wildman–Crippen LogP) is 5.59. The Morgan fingerprint density at radius 1 is 0.843 bits per heavy atom. The summed E-state index contributed by atoms with van der Waals surface area (Å²) >= 11 is 0. The van der Waals surface area contributed by atoms with Gasteiger partial charge in [-0.2, -0.15) is 0 Å². The van der Waals surface area contributed by atoms with Gasteiger partial charge in [0.05, 0.1) is 0 Å². The van der Waals surface area contributed by atoms with Crippen LogP contribution in [-0.2, 0) is 28.7 Å². The summed E-state index contributed by atoms with van der Waals surface area (Å²) < 4.78 is 5.52. The Morgan fingerprint density at radius 3 is 1.76 bits per heavy atom. The van der Waals surface area contributed by atoms with E-state index in [-0.39, 0.29) is 39.9 Å². The van der Waals surface area contributed by atoms with E-state index in [1.165, 1.54) is 0 Å². The third-order valence-electron chi connectivity index (χ3n) is 11.6. The van der Waals surface area contributed by atoms with Crippen LogP contribution in [0.3, 0.4) is 0 Å². The monoisotopic (exact) mass is 720 g/mol. The minimum Gasteiger partial charge on any atom is -0.444 e. The van der Waals surface area contributed by atoms with Gasteiger partial charge in [-0.05, 0) is 75.5 Å². The number of carbonyl (C=O) groups excluding carboxylic acids is 6. The molecule has 3 aliphatic carbocycles. The Kier molecular flexibility index (Phi) is 15.7. The minimum absolute atomic E-state index is 0.0182. The summed E-state index contributed by atoms with van der Waals surface area (Å²) in [6.45, 7) is 33.5. The van der Waals surface area contributed by atoms with Gasteiger partial charge in [0.1, 0.15) is 36.8 Å². The van der Waals surface area contributed by atoms with E-state index >= 15 is 0 Å². The summed E-state index contributed by atoms with van der Waals surface area (Å²) in [4.78, 5) is 72.9. The standard InChI is InChI=1S/C33H53N5O5.2C2H6.2CH2O/c1-10-21-18-33(21,26(41)36-37-16-11-12-17-37)35-24(39)22-19-32(30(8,9)31(32)14-13-15-31)20-38(22)25(40)23(28(2,3)4)34-27(42)43-29(5,6)7;4*1-2/h10,21-23H,1,11-20H2,2-9H3,(H,34,42)(H,35,39)(H,36,41);2*1-2H3;2*1H2/t21-,22+,23-,32-,33-;;;;/m1..../s1. The molecule has 0 aromatic carbocycles. The van der Waals surface area contributed by atoms with Crippen molar-refractivity contribution in [1.82, 2.24) is 26.0 Å². The molecule has 0 radical (unpaired) electrons. The summed E-state index contributed by atoms with van der Waals surface area (Å²) in [7, 11) is 0. The van der Waals surface area contributed by atoms with Crippen LogP contribution in [0.2, 0.25) is 0 Å². The van der Waals surface area contributed by atoms with Crippen molar-refractivity contribution in [2.45, 2.75) is 151 Å². The molecule has 3 saturated carbocycles. The second-order valence-electron chi connectivity index (χ2n) is 16.4. The molecule has 0 aromatic heterocycles. The van der Waals surface area contributed by atoms with E-state index in [0.29, 0.717) is 19.4 Å². The van der Waals surface area contributed by atoms with Crippen LogP contribution in [0.15, 0.2) is 12.7 Å². The lowest BCUT2D eigenvalue weighted by molar-refractivity contribution is -0.143. The lowest BCUT2D eigenvalue weighted by Gasteiger charge is -2.36. The number of ether oxygens (including phenoxy) is 1. The fourth-order valence-electron chi connectivity index (χ4n) is 8.71. The Hall–Kier alpha value is -3.28. The first-order chi connectivity index (χ1) is 23.8. The smallest absolute Gasteiger partial charge is 0.408 e. The minimum atomic E-state index is -1.07. The SMILES string of the molecule is C=C[C@@H]1C[C@]1(NC(=O)[C@@H]1C[C@@]2(CN1C(=O)[C@@H](NC(=O)OC(C)(C)C)C(C)(C)C)C(C)(C)C21CCC1)C(=O)NN1CCCC1.C=O.C=O.CC.CC. The fraction of sp³-hybridized carbons (Fsp3) is 0.795. The van der Waals surface area contributed by atoms with Gasteiger partial charge in [-0.25, -0.2) is 9.80 Å². The number of fused-ring (bicyclic) bond motifs is 1. The molecule has 51 heavy (non-hydrogen) atoms. The van der Waals surface area contributed by atoms with Gasteiger partial charge in [0.25, 0.3) is 5.91 Å². The highest BCUT2D eigenvalue weighted by Gasteiger charge is 2.85. The van der Waals surface area contributed by atoms with Gasteiger partial charge in [-0.3, -0.25) is 19.8 Å². The van der Waals surface area contributed by atoms with E-state index in [4.69, 9.17) is 14.3 Å². The van der Waals surface area contributed by atoms with Crippen LogP contribution < -0.4 is 16.1 Å². The molecule has 4 amide bonds. The molecule has 0 unspecified atom stereocenters. The van der Waals surface area contributed by atoms with Gasteiger partial charge in [-0.15, -0.1) is 6.58 Å². The summed E-state index contributed by atoms with van der Waals surface area (Å²) in [6.07, 6.45) is 7.48. The van der Waals surface area contributed by atoms with Gasteiger partial charge in [-0.1, -0.05) is 74.8 Å². The van der Waals surface area contributed by atoms with Crippen LogP contribution in [0.4, 0.5) is 4.79 Å². The van der Waals surface area contributed by atoms with E-state index < -0.39 is 34.7 Å². The number of hydrazine groups is 1. The number of amides is 4. The van der Waals surface area contributed by atoms with Crippen LogP contribution in [-0.4, -0.2) is 90.2 Å². The molecule has 3 N–H and O–H groups in total. The van der Waals surface area contributed by atoms with Crippen LogP contribution in [0.1, 0.15) is 128 Å². The van der Waals surface area contributed by atoms with E-state index in [0.717, 1.165) is 45.2 Å². The van der Waals surface area contributed by atoms with Gasteiger partial charge in [0, 0.05) is 31.0 Å². The number of hydrogen-bond donors (Lipinski definition) is 3. The molecule has 5 atom stereocenters. The average molecular weight is 720 g/mol. The van der Waals surface area contributed by atoms with Crippen LogP contribution in [0.5, 0.6) is 0 Å². The third kappa shape index (κ3) is 8.69. The molecule has 5 rings (SSSR count). The maximum absolute atomic E-state index is 14.5. The van der Waals surface area contributed by atoms with Crippen molar-refractivity contribution >= 4 is 37.4 Å². The zero-order chi connectivity index (χ0) is 39.8. The molecule has 292 valence electrons. The molecular weight excluding hydrogens is 650 g/mol. The van der Waals surface area contributed by atoms with Crippen molar-refractivity contribution in [3.63, 3.8) is 0 Å². The second-order valence-corrected chi connectivity index (χ2v) is 16.4. The summed E-state index contributed by atoms with van der Waals surface area (Å²) in [5.41, 5.74) is 0.490. The molecule has 0 aromatic rings. The number of rotatable bonds is 7. The van der Waals surface area contributed by atoms with Crippen LogP contribution in [0, 0.1) is 27.6 Å². The van der Waals surface area contributed by atoms with Crippen molar-refractivity contribution in [1.29, 1.82) is 0 Å². The van der Waals surface area contributed by atoms with E-state index in [1.54, 1.807) is 31.7 Å². The average Bonchev–Trinajstić information content (AvgIpc) is 3.55. The zero-order valence-corrected chi connectivity index (χ0v) is 33.8. The summed E-state index contributed by atoms with van der Waals surface area (Å²) in [5.74, 6) is -1.00. The normalized spacial score (nSPS) is 28.2. The predicted molar refractivity (Wildman–Crippen MR) is 200 cm³/mol. The Morgan fingerprint density at radius 2 is 1.37 bits per heavy atom. The maximum atomic E-state index is 14.5. The number of likely N-dealkylation sites (tertiary alicyclic amines) is 1. The maximum Gasteiger partial charge on any atom is 0.408 e. The molecule has 12 heteroatoms. The largest absolute Gasteiger partial charge is 0.444 e. The number of nitrogens with one attached hydrogen (secondary N) is 3.